The molecule has 0 amide bonds. The molecule has 0 N–H and O–H groups in total. The van der Waals surface area contributed by atoms with Crippen LogP contribution >= 0.6 is 0 Å². The zero-order valence-electron chi connectivity index (χ0n) is 11.9. The number of hydrogen-bond acceptors (Lipinski definition) is 4. The van der Waals surface area contributed by atoms with Gasteiger partial charge in [0.1, 0.15) is 6.10 Å². The lowest BCUT2D eigenvalue weighted by Gasteiger charge is -2.22. The van der Waals surface area contributed by atoms with Crippen molar-refractivity contribution in [3.8, 4) is 0 Å². The van der Waals surface area contributed by atoms with Crippen LogP contribution in [0.1, 0.15) is 48.0 Å². The molecule has 1 aromatic carbocycles. The highest BCUT2D eigenvalue weighted by molar-refractivity contribution is 7.90. The first-order valence-corrected chi connectivity index (χ1v) is 8.79. The van der Waals surface area contributed by atoms with Crippen molar-refractivity contribution in [3.05, 3.63) is 29.3 Å². The molecule has 4 nitrogen and oxygen atoms in total. The molecule has 1 aliphatic carbocycles. The highest BCUT2D eigenvalue weighted by Crippen LogP contribution is 2.23. The molecule has 5 heteroatoms. The van der Waals surface area contributed by atoms with Crippen molar-refractivity contribution in [2.75, 3.05) is 6.26 Å². The first-order valence-electron chi connectivity index (χ1n) is 6.89. The minimum Gasteiger partial charge on any atom is -0.459 e. The van der Waals surface area contributed by atoms with Crippen LogP contribution in [0.5, 0.6) is 0 Å². The second-order valence-corrected chi connectivity index (χ2v) is 7.43. The van der Waals surface area contributed by atoms with Crippen LogP contribution in [0.25, 0.3) is 0 Å². The summed E-state index contributed by atoms with van der Waals surface area (Å²) < 4.78 is 28.6. The van der Waals surface area contributed by atoms with Crippen molar-refractivity contribution in [1.82, 2.24) is 0 Å². The van der Waals surface area contributed by atoms with E-state index >= 15 is 0 Å². The molecule has 1 fully saturated rings. The Labute approximate surface area is 120 Å². The SMILES string of the molecule is Cc1ccc(S(C)(=O)=O)cc1C(=O)OC1CCCCC1. The van der Waals surface area contributed by atoms with Gasteiger partial charge in [-0.3, -0.25) is 0 Å². The Morgan fingerprint density at radius 2 is 1.85 bits per heavy atom. The lowest BCUT2D eigenvalue weighted by molar-refractivity contribution is 0.0210. The summed E-state index contributed by atoms with van der Waals surface area (Å²) in [5.41, 5.74) is 1.08. The highest BCUT2D eigenvalue weighted by atomic mass is 32.2. The molecule has 0 spiro atoms. The van der Waals surface area contributed by atoms with Gasteiger partial charge in [0.15, 0.2) is 9.84 Å². The molecule has 1 aliphatic rings. The van der Waals surface area contributed by atoms with E-state index in [2.05, 4.69) is 0 Å². The van der Waals surface area contributed by atoms with Crippen LogP contribution < -0.4 is 0 Å². The van der Waals surface area contributed by atoms with Crippen LogP contribution in [0.2, 0.25) is 0 Å². The fourth-order valence-corrected chi connectivity index (χ4v) is 3.10. The van der Waals surface area contributed by atoms with Crippen molar-refractivity contribution >= 4 is 15.8 Å². The zero-order valence-corrected chi connectivity index (χ0v) is 12.7. The summed E-state index contributed by atoms with van der Waals surface area (Å²) in [6, 6.07) is 4.58. The first-order chi connectivity index (χ1) is 9.38. The number of rotatable bonds is 3. The normalized spacial score (nSPS) is 16.9. The lowest BCUT2D eigenvalue weighted by Crippen LogP contribution is -2.21. The number of carbonyl (C=O) groups excluding carboxylic acids is 1. The van der Waals surface area contributed by atoms with Crippen LogP contribution in [0, 0.1) is 6.92 Å². The molecule has 0 atom stereocenters. The third-order valence-electron chi connectivity index (χ3n) is 3.68. The number of hydrogen-bond donors (Lipinski definition) is 0. The Morgan fingerprint density at radius 1 is 1.20 bits per heavy atom. The van der Waals surface area contributed by atoms with E-state index in [1.165, 1.54) is 18.6 Å². The fourth-order valence-electron chi connectivity index (χ4n) is 2.45. The van der Waals surface area contributed by atoms with Gasteiger partial charge in [0, 0.05) is 6.26 Å². The Bertz CT molecular complexity index is 598. The number of benzene rings is 1. The van der Waals surface area contributed by atoms with Gasteiger partial charge in [0.05, 0.1) is 10.5 Å². The maximum Gasteiger partial charge on any atom is 0.338 e. The third kappa shape index (κ3) is 3.60. The smallest absolute Gasteiger partial charge is 0.338 e. The van der Waals surface area contributed by atoms with Crippen molar-refractivity contribution < 1.29 is 17.9 Å². The predicted molar refractivity (Wildman–Crippen MR) is 76.6 cm³/mol. The van der Waals surface area contributed by atoms with Gasteiger partial charge in [0.2, 0.25) is 0 Å². The Hall–Kier alpha value is -1.36. The van der Waals surface area contributed by atoms with E-state index in [1.807, 2.05) is 0 Å². The second kappa shape index (κ2) is 5.95. The van der Waals surface area contributed by atoms with Crippen molar-refractivity contribution in [1.29, 1.82) is 0 Å². The van der Waals surface area contributed by atoms with E-state index in [0.29, 0.717) is 5.56 Å². The van der Waals surface area contributed by atoms with Crippen LogP contribution in [-0.2, 0) is 14.6 Å². The number of aryl methyl sites for hydroxylation is 1. The van der Waals surface area contributed by atoms with Gasteiger partial charge in [-0.2, -0.15) is 0 Å². The van der Waals surface area contributed by atoms with Crippen LogP contribution in [0.4, 0.5) is 0 Å². The Balaban J connectivity index is 2.20. The maximum atomic E-state index is 12.2. The molecule has 1 saturated carbocycles. The second-order valence-electron chi connectivity index (χ2n) is 5.41. The van der Waals surface area contributed by atoms with Crippen LogP contribution in [-0.4, -0.2) is 26.7 Å². The van der Waals surface area contributed by atoms with E-state index < -0.39 is 15.8 Å². The summed E-state index contributed by atoms with van der Waals surface area (Å²) in [6.45, 7) is 1.78. The summed E-state index contributed by atoms with van der Waals surface area (Å²) in [5, 5.41) is 0. The average Bonchev–Trinajstić information content (AvgIpc) is 2.39. The molecule has 0 bridgehead atoms. The first kappa shape index (κ1) is 15.0. The third-order valence-corrected chi connectivity index (χ3v) is 4.79. The summed E-state index contributed by atoms with van der Waals surface area (Å²) in [5.74, 6) is -0.417. The molecule has 1 aromatic rings. The van der Waals surface area contributed by atoms with Gasteiger partial charge in [-0.25, -0.2) is 13.2 Å². The fraction of sp³-hybridized carbons (Fsp3) is 0.533. The van der Waals surface area contributed by atoms with E-state index in [0.717, 1.165) is 37.5 Å². The lowest BCUT2D eigenvalue weighted by atomic mass is 9.97. The molecule has 0 unspecified atom stereocenters. The minimum absolute atomic E-state index is 0.0301. The average molecular weight is 296 g/mol. The Morgan fingerprint density at radius 3 is 2.45 bits per heavy atom. The quantitative estimate of drug-likeness (QED) is 0.805. The van der Waals surface area contributed by atoms with E-state index in [4.69, 9.17) is 4.74 Å². The number of carbonyl (C=O) groups is 1. The molecular formula is C15H20O4S. The van der Waals surface area contributed by atoms with Gasteiger partial charge < -0.3 is 4.74 Å². The zero-order chi connectivity index (χ0) is 14.8. The van der Waals surface area contributed by atoms with Gasteiger partial charge >= 0.3 is 5.97 Å². The minimum atomic E-state index is -3.32. The van der Waals surface area contributed by atoms with Crippen LogP contribution in [0.3, 0.4) is 0 Å². The highest BCUT2D eigenvalue weighted by Gasteiger charge is 2.21. The molecule has 110 valence electrons. The largest absolute Gasteiger partial charge is 0.459 e. The predicted octanol–water partition coefficient (Wildman–Crippen LogP) is 2.89. The maximum absolute atomic E-state index is 12.2. The Kier molecular flexibility index (Phi) is 4.48. The summed E-state index contributed by atoms with van der Waals surface area (Å²) in [4.78, 5) is 12.3. The van der Waals surface area contributed by atoms with Crippen molar-refractivity contribution in [3.63, 3.8) is 0 Å². The molecule has 2 rings (SSSR count). The summed E-state index contributed by atoms with van der Waals surface area (Å²) >= 11 is 0. The standard InChI is InChI=1S/C15H20O4S/c1-11-8-9-13(20(2,17)18)10-14(11)15(16)19-12-6-4-3-5-7-12/h8-10,12H,3-7H2,1-2H3. The molecule has 0 aliphatic heterocycles. The van der Waals surface area contributed by atoms with Gasteiger partial charge in [0.25, 0.3) is 0 Å². The van der Waals surface area contributed by atoms with E-state index in [9.17, 15) is 13.2 Å². The van der Waals surface area contributed by atoms with Crippen LogP contribution in [0.15, 0.2) is 23.1 Å². The van der Waals surface area contributed by atoms with Crippen molar-refractivity contribution in [2.24, 2.45) is 0 Å². The molecule has 0 aromatic heterocycles. The van der Waals surface area contributed by atoms with E-state index in [-0.39, 0.29) is 11.0 Å². The number of ether oxygens (including phenoxy) is 1. The summed E-state index contributed by atoms with van der Waals surface area (Å²) in [7, 11) is -3.32. The monoisotopic (exact) mass is 296 g/mol. The molecule has 0 heterocycles. The molecule has 20 heavy (non-hydrogen) atoms. The molecule has 0 radical (unpaired) electrons. The topological polar surface area (TPSA) is 60.4 Å². The van der Waals surface area contributed by atoms with E-state index in [1.54, 1.807) is 13.0 Å². The van der Waals surface area contributed by atoms with Crippen molar-refractivity contribution in [2.45, 2.75) is 50.0 Å². The van der Waals surface area contributed by atoms with Gasteiger partial charge in [-0.15, -0.1) is 0 Å². The number of sulfone groups is 1. The van der Waals surface area contributed by atoms with Gasteiger partial charge in [-0.05, 0) is 50.3 Å². The van der Waals surface area contributed by atoms with Gasteiger partial charge in [-0.1, -0.05) is 12.5 Å². The molecule has 0 saturated heterocycles. The summed E-state index contributed by atoms with van der Waals surface area (Å²) in [6.07, 6.45) is 6.26. The number of esters is 1. The molecular weight excluding hydrogens is 276 g/mol.